The van der Waals surface area contributed by atoms with Crippen LogP contribution in [0.25, 0.3) is 10.4 Å². The molecule has 1 fully saturated rings. The van der Waals surface area contributed by atoms with Crippen molar-refractivity contribution in [1.29, 1.82) is 0 Å². The van der Waals surface area contributed by atoms with Crippen LogP contribution >= 0.6 is 11.8 Å². The van der Waals surface area contributed by atoms with Crippen LogP contribution in [-0.4, -0.2) is 54.3 Å². The number of hydrogen-bond acceptors (Lipinski definition) is 9. The Bertz CT molecular complexity index is 785. The van der Waals surface area contributed by atoms with Crippen molar-refractivity contribution >= 4 is 29.7 Å². The second-order valence-corrected chi connectivity index (χ2v) is 7.29. The van der Waals surface area contributed by atoms with Gasteiger partial charge >= 0.3 is 17.9 Å². The quantitative estimate of drug-likeness (QED) is 0.214. The largest absolute Gasteiger partial charge is 0.463 e. The second kappa shape index (κ2) is 10.7. The lowest BCUT2D eigenvalue weighted by molar-refractivity contribution is -0.208. The Hall–Kier alpha value is -2.75. The number of esters is 3. The summed E-state index contributed by atoms with van der Waals surface area (Å²) in [6, 6.07) is 8.18. The highest BCUT2D eigenvalue weighted by Gasteiger charge is 2.50. The average Bonchev–Trinajstić information content (AvgIpc) is 2.65. The van der Waals surface area contributed by atoms with Gasteiger partial charge in [0.15, 0.2) is 12.2 Å². The first kappa shape index (κ1) is 22.5. The van der Waals surface area contributed by atoms with Crippen LogP contribution in [0.15, 0.2) is 40.3 Å². The molecule has 0 aliphatic carbocycles. The standard InChI is InChI=1S/C18H21N3O7S/c1-10(22)25-9-14-16(26-11(2)23)17(27-12(3)24)15(20-21-19)18(28-14)29-13-7-5-4-6-8-13/h4-8,14-18H,9H2,1-3H3. The fraction of sp³-hybridized carbons (Fsp3) is 0.500. The van der Waals surface area contributed by atoms with Crippen LogP contribution < -0.4 is 0 Å². The summed E-state index contributed by atoms with van der Waals surface area (Å²) < 4.78 is 21.7. The molecule has 1 heterocycles. The Morgan fingerprint density at radius 2 is 1.69 bits per heavy atom. The molecule has 156 valence electrons. The molecule has 1 aromatic rings. The predicted molar refractivity (Wildman–Crippen MR) is 102 cm³/mol. The Morgan fingerprint density at radius 3 is 2.24 bits per heavy atom. The first-order chi connectivity index (χ1) is 13.8. The van der Waals surface area contributed by atoms with Gasteiger partial charge in [-0.05, 0) is 17.7 Å². The molecule has 0 amide bonds. The maximum Gasteiger partial charge on any atom is 0.303 e. The lowest BCUT2D eigenvalue weighted by Gasteiger charge is -2.43. The number of rotatable bonds is 7. The van der Waals surface area contributed by atoms with Gasteiger partial charge in [0.25, 0.3) is 0 Å². The molecule has 29 heavy (non-hydrogen) atoms. The van der Waals surface area contributed by atoms with Crippen molar-refractivity contribution in [2.24, 2.45) is 5.11 Å². The number of thioether (sulfide) groups is 1. The molecule has 1 aliphatic rings. The first-order valence-electron chi connectivity index (χ1n) is 8.71. The zero-order valence-electron chi connectivity index (χ0n) is 16.1. The van der Waals surface area contributed by atoms with Gasteiger partial charge in [-0.2, -0.15) is 0 Å². The van der Waals surface area contributed by atoms with E-state index in [2.05, 4.69) is 10.0 Å². The molecule has 0 bridgehead atoms. The van der Waals surface area contributed by atoms with Crippen molar-refractivity contribution in [3.63, 3.8) is 0 Å². The van der Waals surface area contributed by atoms with Crippen molar-refractivity contribution in [1.82, 2.24) is 0 Å². The van der Waals surface area contributed by atoms with Crippen LogP contribution in [0.1, 0.15) is 20.8 Å². The van der Waals surface area contributed by atoms with E-state index in [1.54, 1.807) is 0 Å². The molecule has 0 aromatic heterocycles. The van der Waals surface area contributed by atoms with E-state index in [9.17, 15) is 14.4 Å². The normalized spacial score (nSPS) is 26.0. The summed E-state index contributed by atoms with van der Waals surface area (Å²) in [6.07, 6.45) is -3.18. The van der Waals surface area contributed by atoms with E-state index >= 15 is 0 Å². The van der Waals surface area contributed by atoms with Gasteiger partial charge in [0.2, 0.25) is 0 Å². The van der Waals surface area contributed by atoms with Crippen molar-refractivity contribution in [3.8, 4) is 0 Å². The molecule has 1 saturated heterocycles. The maximum absolute atomic E-state index is 11.7. The molecular weight excluding hydrogens is 402 g/mol. The van der Waals surface area contributed by atoms with E-state index in [-0.39, 0.29) is 6.61 Å². The highest BCUT2D eigenvalue weighted by molar-refractivity contribution is 7.99. The molecule has 0 N–H and O–H groups in total. The number of azide groups is 1. The molecule has 2 rings (SSSR count). The van der Waals surface area contributed by atoms with Gasteiger partial charge < -0.3 is 18.9 Å². The van der Waals surface area contributed by atoms with Gasteiger partial charge in [-0.25, -0.2) is 0 Å². The van der Waals surface area contributed by atoms with E-state index in [0.29, 0.717) is 0 Å². The molecule has 1 aromatic carbocycles. The van der Waals surface area contributed by atoms with Crippen LogP contribution in [0.4, 0.5) is 0 Å². The Balaban J connectivity index is 2.41. The van der Waals surface area contributed by atoms with Gasteiger partial charge in [0.05, 0.1) is 0 Å². The zero-order valence-corrected chi connectivity index (χ0v) is 16.9. The Labute approximate surface area is 171 Å². The topological polar surface area (TPSA) is 137 Å². The molecule has 0 spiro atoms. The molecule has 5 atom stereocenters. The van der Waals surface area contributed by atoms with Gasteiger partial charge in [0.1, 0.15) is 24.2 Å². The van der Waals surface area contributed by atoms with Crippen molar-refractivity contribution < 1.29 is 33.3 Å². The first-order valence-corrected chi connectivity index (χ1v) is 9.59. The van der Waals surface area contributed by atoms with E-state index in [1.165, 1.54) is 32.5 Å². The van der Waals surface area contributed by atoms with Gasteiger partial charge in [-0.3, -0.25) is 14.4 Å². The Kier molecular flexibility index (Phi) is 8.32. The van der Waals surface area contributed by atoms with E-state index < -0.39 is 47.7 Å². The van der Waals surface area contributed by atoms with Crippen LogP contribution in [0.2, 0.25) is 0 Å². The monoisotopic (exact) mass is 423 g/mol. The summed E-state index contributed by atoms with van der Waals surface area (Å²) in [5.74, 6) is -1.86. The number of carbonyl (C=O) groups is 3. The van der Waals surface area contributed by atoms with Crippen molar-refractivity contribution in [2.75, 3.05) is 6.61 Å². The SMILES string of the molecule is CC(=O)OCC1OC(Sc2ccccc2)C(N=[N+]=[N-])C(OC(C)=O)C1OC(C)=O. The number of benzene rings is 1. The summed E-state index contributed by atoms with van der Waals surface area (Å²) >= 11 is 1.24. The van der Waals surface area contributed by atoms with Gasteiger partial charge in [0, 0.05) is 30.6 Å². The fourth-order valence-electron chi connectivity index (χ4n) is 2.80. The number of hydrogen-bond donors (Lipinski definition) is 0. The molecule has 1 aliphatic heterocycles. The molecule has 5 unspecified atom stereocenters. The predicted octanol–water partition coefficient (Wildman–Crippen LogP) is 2.61. The molecule has 0 radical (unpaired) electrons. The zero-order chi connectivity index (χ0) is 21.4. The minimum Gasteiger partial charge on any atom is -0.463 e. The third kappa shape index (κ3) is 6.67. The minimum absolute atomic E-state index is 0.236. The van der Waals surface area contributed by atoms with E-state index in [0.717, 1.165) is 4.90 Å². The second-order valence-electron chi connectivity index (χ2n) is 6.12. The summed E-state index contributed by atoms with van der Waals surface area (Å²) in [5, 5.41) is 3.74. The number of ether oxygens (including phenoxy) is 4. The summed E-state index contributed by atoms with van der Waals surface area (Å²) in [7, 11) is 0. The lowest BCUT2D eigenvalue weighted by Crippen LogP contribution is -2.59. The van der Waals surface area contributed by atoms with Gasteiger partial charge in [-0.15, -0.1) is 0 Å². The number of carbonyl (C=O) groups excluding carboxylic acids is 3. The minimum atomic E-state index is -1.13. The maximum atomic E-state index is 11.7. The molecule has 11 heteroatoms. The highest BCUT2D eigenvalue weighted by Crippen LogP contribution is 2.37. The number of nitrogens with zero attached hydrogens (tertiary/aromatic N) is 3. The van der Waals surface area contributed by atoms with Crippen molar-refractivity contribution in [3.05, 3.63) is 40.8 Å². The molecule has 0 saturated carbocycles. The van der Waals surface area contributed by atoms with Gasteiger partial charge in [-0.1, -0.05) is 35.1 Å². The molecule has 10 nitrogen and oxygen atoms in total. The van der Waals surface area contributed by atoms with Crippen LogP contribution in [0.5, 0.6) is 0 Å². The smallest absolute Gasteiger partial charge is 0.303 e. The third-order valence-electron chi connectivity index (χ3n) is 3.85. The summed E-state index contributed by atoms with van der Waals surface area (Å²) in [5.41, 5.74) is 8.25. The molecular formula is C18H21N3O7S. The van der Waals surface area contributed by atoms with E-state index in [1.807, 2.05) is 30.3 Å². The Morgan fingerprint density at radius 1 is 1.07 bits per heavy atom. The fourth-order valence-corrected chi connectivity index (χ4v) is 3.93. The highest BCUT2D eigenvalue weighted by atomic mass is 32.2. The van der Waals surface area contributed by atoms with Crippen LogP contribution in [-0.2, 0) is 33.3 Å². The summed E-state index contributed by atoms with van der Waals surface area (Å²) in [6.45, 7) is 3.36. The van der Waals surface area contributed by atoms with Crippen LogP contribution in [0, 0.1) is 0 Å². The summed E-state index contributed by atoms with van der Waals surface area (Å²) in [4.78, 5) is 38.3. The van der Waals surface area contributed by atoms with Crippen molar-refractivity contribution in [2.45, 2.75) is 55.5 Å². The lowest BCUT2D eigenvalue weighted by atomic mass is 9.98. The third-order valence-corrected chi connectivity index (χ3v) is 5.02. The van der Waals surface area contributed by atoms with Crippen LogP contribution in [0.3, 0.4) is 0 Å². The van der Waals surface area contributed by atoms with E-state index in [4.69, 9.17) is 24.5 Å². The average molecular weight is 423 g/mol.